The summed E-state index contributed by atoms with van der Waals surface area (Å²) in [5.74, 6) is -0.985. The van der Waals surface area contributed by atoms with Crippen LogP contribution in [0.3, 0.4) is 0 Å². The number of hydrogen-bond donors (Lipinski definition) is 1. The summed E-state index contributed by atoms with van der Waals surface area (Å²) in [5, 5.41) is 11.2. The van der Waals surface area contributed by atoms with Crippen LogP contribution in [0.4, 0.5) is 11.4 Å². The number of carbonyl (C=O) groups excluding carboxylic acids is 2. The number of anilines is 2. The van der Waals surface area contributed by atoms with Crippen molar-refractivity contribution in [2.45, 2.75) is 18.9 Å². The van der Waals surface area contributed by atoms with E-state index in [1.807, 2.05) is 73.6 Å². The summed E-state index contributed by atoms with van der Waals surface area (Å²) in [6.07, 6.45) is 0.672. The number of halogens is 1. The molecule has 1 N–H and O–H groups in total. The first-order chi connectivity index (χ1) is 16.8. The Bertz CT molecular complexity index is 1270. The van der Waals surface area contributed by atoms with E-state index in [1.165, 1.54) is 12.0 Å². The van der Waals surface area contributed by atoms with Crippen molar-refractivity contribution in [1.82, 2.24) is 0 Å². The van der Waals surface area contributed by atoms with Crippen LogP contribution < -0.4 is 14.5 Å². The van der Waals surface area contributed by atoms with Gasteiger partial charge in [0.1, 0.15) is 5.75 Å². The lowest BCUT2D eigenvalue weighted by Gasteiger charge is -2.28. The second kappa shape index (κ2) is 10.2. The van der Waals surface area contributed by atoms with Crippen LogP contribution in [0.5, 0.6) is 5.75 Å². The lowest BCUT2D eigenvalue weighted by atomic mass is 9.93. The van der Waals surface area contributed by atoms with Gasteiger partial charge in [0.05, 0.1) is 23.7 Å². The monoisotopic (exact) mass is 490 g/mol. The van der Waals surface area contributed by atoms with Gasteiger partial charge in [0, 0.05) is 31.9 Å². The third-order valence-electron chi connectivity index (χ3n) is 6.13. The van der Waals surface area contributed by atoms with E-state index in [0.29, 0.717) is 28.4 Å². The predicted molar refractivity (Wildman–Crippen MR) is 138 cm³/mol. The molecule has 3 aromatic carbocycles. The molecule has 0 aliphatic carbocycles. The molecule has 1 aliphatic heterocycles. The fourth-order valence-electron chi connectivity index (χ4n) is 4.27. The quantitative estimate of drug-likeness (QED) is 0.450. The third kappa shape index (κ3) is 4.88. The molecule has 1 heterocycles. The van der Waals surface area contributed by atoms with Crippen LogP contribution in [0.1, 0.15) is 23.6 Å². The molecule has 35 heavy (non-hydrogen) atoms. The Morgan fingerprint density at radius 2 is 1.74 bits per heavy atom. The number of ether oxygens (including phenoxy) is 1. The Kier molecular flexibility index (Phi) is 7.12. The molecule has 0 bridgehead atoms. The van der Waals surface area contributed by atoms with E-state index in [9.17, 15) is 14.7 Å². The van der Waals surface area contributed by atoms with Crippen molar-refractivity contribution in [2.75, 3.05) is 31.0 Å². The lowest BCUT2D eigenvalue weighted by molar-refractivity contribution is -0.118. The summed E-state index contributed by atoms with van der Waals surface area (Å²) >= 11 is 6.35. The van der Waals surface area contributed by atoms with E-state index in [1.54, 1.807) is 18.2 Å². The number of Topliss-reactive ketones (excluding diaryl/α,β-unsaturated/α-hetero) is 1. The molecule has 3 aromatic rings. The summed E-state index contributed by atoms with van der Waals surface area (Å²) in [7, 11) is 5.38. The molecule has 1 unspecified atom stereocenters. The Labute approximate surface area is 210 Å². The third-order valence-corrected chi connectivity index (χ3v) is 6.43. The van der Waals surface area contributed by atoms with Gasteiger partial charge in [-0.05, 0) is 47.9 Å². The molecule has 6 nitrogen and oxygen atoms in total. The Morgan fingerprint density at radius 3 is 2.34 bits per heavy atom. The van der Waals surface area contributed by atoms with Crippen LogP contribution in [0.15, 0.2) is 84.1 Å². The summed E-state index contributed by atoms with van der Waals surface area (Å²) in [6, 6.07) is 21.4. The number of benzene rings is 3. The van der Waals surface area contributed by atoms with E-state index in [-0.39, 0.29) is 17.8 Å². The number of carbonyl (C=O) groups is 2. The average molecular weight is 491 g/mol. The maximum atomic E-state index is 13.4. The molecule has 1 atom stereocenters. The van der Waals surface area contributed by atoms with Crippen LogP contribution in [-0.4, -0.2) is 38.0 Å². The zero-order valence-corrected chi connectivity index (χ0v) is 20.6. The van der Waals surface area contributed by atoms with E-state index in [4.69, 9.17) is 16.3 Å². The molecular formula is C28H27ClN2O4. The molecule has 0 saturated heterocycles. The van der Waals surface area contributed by atoms with Gasteiger partial charge < -0.3 is 14.7 Å². The highest BCUT2D eigenvalue weighted by Gasteiger charge is 2.44. The number of ketones is 1. The zero-order valence-electron chi connectivity index (χ0n) is 19.9. The van der Waals surface area contributed by atoms with Crippen molar-refractivity contribution in [3.05, 3.63) is 100 Å². The van der Waals surface area contributed by atoms with Gasteiger partial charge in [0.15, 0.2) is 11.5 Å². The highest BCUT2D eigenvalue weighted by molar-refractivity contribution is 6.32. The lowest BCUT2D eigenvalue weighted by Crippen LogP contribution is -2.31. The van der Waals surface area contributed by atoms with Crippen LogP contribution >= 0.6 is 11.6 Å². The summed E-state index contributed by atoms with van der Waals surface area (Å²) in [5.41, 5.74) is 3.25. The standard InChI is InChI=1S/C28H27ClN2O4/c1-30(2)20-12-10-19(11-13-20)26-25(23(32)15-9-18-7-5-4-6-8-18)27(33)28(34)31(26)21-14-16-24(35-3)22(29)17-21/h4-8,10-14,16-17,26,33H,9,15H2,1-3H3. The van der Waals surface area contributed by atoms with Gasteiger partial charge >= 0.3 is 0 Å². The number of amides is 1. The molecule has 0 saturated carbocycles. The molecule has 7 heteroatoms. The molecule has 0 fully saturated rings. The van der Waals surface area contributed by atoms with E-state index >= 15 is 0 Å². The zero-order chi connectivity index (χ0) is 25.1. The maximum absolute atomic E-state index is 13.4. The second-order valence-electron chi connectivity index (χ2n) is 8.55. The van der Waals surface area contributed by atoms with Crippen molar-refractivity contribution < 1.29 is 19.4 Å². The molecule has 1 amide bonds. The summed E-state index contributed by atoms with van der Waals surface area (Å²) in [6.45, 7) is 0. The van der Waals surface area contributed by atoms with Gasteiger partial charge in [-0.2, -0.15) is 0 Å². The average Bonchev–Trinajstić information content (AvgIpc) is 3.13. The first kappa shape index (κ1) is 24.4. The van der Waals surface area contributed by atoms with Crippen molar-refractivity contribution >= 4 is 34.7 Å². The number of hydrogen-bond acceptors (Lipinski definition) is 5. The topological polar surface area (TPSA) is 70.1 Å². The van der Waals surface area contributed by atoms with Gasteiger partial charge in [0.25, 0.3) is 5.91 Å². The van der Waals surface area contributed by atoms with Gasteiger partial charge in [-0.15, -0.1) is 0 Å². The summed E-state index contributed by atoms with van der Waals surface area (Å²) in [4.78, 5) is 30.1. The van der Waals surface area contributed by atoms with Crippen molar-refractivity contribution in [2.24, 2.45) is 0 Å². The molecule has 0 aromatic heterocycles. The van der Waals surface area contributed by atoms with Crippen molar-refractivity contribution in [1.29, 1.82) is 0 Å². The number of rotatable bonds is 8. The fourth-order valence-corrected chi connectivity index (χ4v) is 4.52. The van der Waals surface area contributed by atoms with Crippen LogP contribution in [-0.2, 0) is 16.0 Å². The normalized spacial score (nSPS) is 15.5. The van der Waals surface area contributed by atoms with Crippen molar-refractivity contribution in [3.63, 3.8) is 0 Å². The van der Waals surface area contributed by atoms with Gasteiger partial charge in [-0.1, -0.05) is 54.1 Å². The van der Waals surface area contributed by atoms with E-state index in [0.717, 1.165) is 11.3 Å². The number of aliphatic hydroxyl groups excluding tert-OH is 1. The van der Waals surface area contributed by atoms with E-state index < -0.39 is 17.7 Å². The molecule has 0 spiro atoms. The second-order valence-corrected chi connectivity index (χ2v) is 8.96. The number of nitrogens with zero attached hydrogens (tertiary/aromatic N) is 2. The first-order valence-corrected chi connectivity index (χ1v) is 11.6. The van der Waals surface area contributed by atoms with Crippen LogP contribution in [0, 0.1) is 0 Å². The fraction of sp³-hybridized carbons (Fsp3) is 0.214. The first-order valence-electron chi connectivity index (χ1n) is 11.3. The highest BCUT2D eigenvalue weighted by atomic mass is 35.5. The minimum absolute atomic E-state index is 0.0930. The highest BCUT2D eigenvalue weighted by Crippen LogP contribution is 2.43. The minimum Gasteiger partial charge on any atom is -0.503 e. The smallest absolute Gasteiger partial charge is 0.294 e. The van der Waals surface area contributed by atoms with Crippen LogP contribution in [0.2, 0.25) is 5.02 Å². The Balaban J connectivity index is 1.75. The van der Waals surface area contributed by atoms with Gasteiger partial charge in [0.2, 0.25) is 0 Å². The maximum Gasteiger partial charge on any atom is 0.294 e. The van der Waals surface area contributed by atoms with Gasteiger partial charge in [-0.3, -0.25) is 14.5 Å². The predicted octanol–water partition coefficient (Wildman–Crippen LogP) is 5.52. The molecule has 0 radical (unpaired) electrons. The molecule has 180 valence electrons. The minimum atomic E-state index is -0.786. The number of methoxy groups -OCH3 is 1. The van der Waals surface area contributed by atoms with Crippen molar-refractivity contribution in [3.8, 4) is 5.75 Å². The SMILES string of the molecule is COc1ccc(N2C(=O)C(O)=C(C(=O)CCc3ccccc3)C2c2ccc(N(C)C)cc2)cc1Cl. The molecule has 4 rings (SSSR count). The van der Waals surface area contributed by atoms with Gasteiger partial charge in [-0.25, -0.2) is 0 Å². The number of aryl methyl sites for hydroxylation is 1. The van der Waals surface area contributed by atoms with Crippen LogP contribution in [0.25, 0.3) is 0 Å². The molecule has 1 aliphatic rings. The Morgan fingerprint density at radius 1 is 1.06 bits per heavy atom. The van der Waals surface area contributed by atoms with E-state index in [2.05, 4.69) is 0 Å². The largest absolute Gasteiger partial charge is 0.503 e. The Hall–Kier alpha value is -3.77. The number of aliphatic hydroxyl groups is 1. The summed E-state index contributed by atoms with van der Waals surface area (Å²) < 4.78 is 5.24. The molecular weight excluding hydrogens is 464 g/mol.